The van der Waals surface area contributed by atoms with Gasteiger partial charge >= 0.3 is 0 Å². The Morgan fingerprint density at radius 1 is 0.967 bits per heavy atom. The average molecular weight is 422 g/mol. The fourth-order valence-electron chi connectivity index (χ4n) is 3.56. The van der Waals surface area contributed by atoms with Gasteiger partial charge < -0.3 is 5.11 Å². The average Bonchev–Trinajstić information content (AvgIpc) is 3.00. The van der Waals surface area contributed by atoms with Gasteiger partial charge in [-0.1, -0.05) is 47.5 Å². The van der Waals surface area contributed by atoms with E-state index in [-0.39, 0.29) is 16.9 Å². The number of aliphatic hydroxyl groups excluding tert-OH is 1. The molecule has 3 aromatic rings. The van der Waals surface area contributed by atoms with Gasteiger partial charge in [0, 0.05) is 21.8 Å². The van der Waals surface area contributed by atoms with Crippen molar-refractivity contribution in [1.29, 1.82) is 0 Å². The lowest BCUT2D eigenvalue weighted by molar-refractivity contribution is -0.132. The molecule has 1 N–H and O–H groups in total. The highest BCUT2D eigenvalue weighted by atomic mass is 35.5. The van der Waals surface area contributed by atoms with Crippen LogP contribution in [0.3, 0.4) is 0 Å². The third-order valence-electron chi connectivity index (χ3n) is 5.07. The molecule has 1 heterocycles. The van der Waals surface area contributed by atoms with E-state index in [0.29, 0.717) is 16.3 Å². The fourth-order valence-corrected chi connectivity index (χ4v) is 3.68. The molecule has 1 saturated heterocycles. The first kappa shape index (κ1) is 19.9. The van der Waals surface area contributed by atoms with E-state index in [9.17, 15) is 19.1 Å². The number of benzene rings is 3. The van der Waals surface area contributed by atoms with Crippen molar-refractivity contribution in [2.45, 2.75) is 13.0 Å². The Morgan fingerprint density at radius 2 is 1.60 bits per heavy atom. The van der Waals surface area contributed by atoms with Gasteiger partial charge in [-0.3, -0.25) is 14.5 Å². The van der Waals surface area contributed by atoms with E-state index in [1.807, 2.05) is 6.92 Å². The van der Waals surface area contributed by atoms with Gasteiger partial charge in [0.25, 0.3) is 11.7 Å². The third kappa shape index (κ3) is 3.37. The van der Waals surface area contributed by atoms with Crippen LogP contribution in [0.25, 0.3) is 5.76 Å². The lowest BCUT2D eigenvalue weighted by atomic mass is 9.94. The number of carbonyl (C=O) groups excluding carboxylic acids is 2. The van der Waals surface area contributed by atoms with E-state index in [1.54, 1.807) is 42.5 Å². The molecule has 0 saturated carbocycles. The summed E-state index contributed by atoms with van der Waals surface area (Å²) in [4.78, 5) is 27.2. The van der Waals surface area contributed by atoms with E-state index in [2.05, 4.69) is 0 Å². The molecule has 150 valence electrons. The van der Waals surface area contributed by atoms with Crippen molar-refractivity contribution in [3.63, 3.8) is 0 Å². The Bertz CT molecular complexity index is 1170. The SMILES string of the molecule is Cc1ccc(N2C(=O)C(=O)C(=C(O)c3ccc(Cl)cc3)C2c2ccccc2F)cc1. The predicted molar refractivity (Wildman–Crippen MR) is 114 cm³/mol. The van der Waals surface area contributed by atoms with Crippen molar-refractivity contribution in [3.05, 3.63) is 106 Å². The minimum atomic E-state index is -1.11. The molecule has 1 aliphatic heterocycles. The molecule has 3 aromatic carbocycles. The molecule has 0 aromatic heterocycles. The number of ketones is 1. The molecule has 4 nitrogen and oxygen atoms in total. The summed E-state index contributed by atoms with van der Waals surface area (Å²) in [5, 5.41) is 11.4. The summed E-state index contributed by atoms with van der Waals surface area (Å²) in [5.41, 5.74) is 1.66. The zero-order chi connectivity index (χ0) is 21.4. The molecule has 0 aliphatic carbocycles. The van der Waals surface area contributed by atoms with E-state index in [4.69, 9.17) is 11.6 Å². The van der Waals surface area contributed by atoms with Crippen LogP contribution in [-0.4, -0.2) is 16.8 Å². The van der Waals surface area contributed by atoms with Crippen LogP contribution in [0, 0.1) is 12.7 Å². The molecule has 0 radical (unpaired) electrons. The maximum absolute atomic E-state index is 14.8. The standard InChI is InChI=1S/C24H17ClFNO3/c1-14-6-12-17(13-7-14)27-21(18-4-2-3-5-19(18)26)20(23(29)24(27)30)22(28)15-8-10-16(25)11-9-15/h2-13,21,28H,1H3. The van der Waals surface area contributed by atoms with Crippen LogP contribution in [0.4, 0.5) is 10.1 Å². The monoisotopic (exact) mass is 421 g/mol. The Kier molecular flexibility index (Phi) is 5.14. The topological polar surface area (TPSA) is 57.6 Å². The molecule has 1 aliphatic rings. The molecule has 30 heavy (non-hydrogen) atoms. The first-order valence-electron chi connectivity index (χ1n) is 9.26. The second kappa shape index (κ2) is 7.76. The first-order chi connectivity index (χ1) is 14.4. The van der Waals surface area contributed by atoms with Crippen LogP contribution in [0.1, 0.15) is 22.7 Å². The lowest BCUT2D eigenvalue weighted by Crippen LogP contribution is -2.29. The van der Waals surface area contributed by atoms with Gasteiger partial charge in [0.15, 0.2) is 0 Å². The maximum Gasteiger partial charge on any atom is 0.300 e. The number of hydrogen-bond donors (Lipinski definition) is 1. The summed E-state index contributed by atoms with van der Waals surface area (Å²) in [5.74, 6) is -2.67. The van der Waals surface area contributed by atoms with E-state index in [0.717, 1.165) is 5.56 Å². The highest BCUT2D eigenvalue weighted by molar-refractivity contribution is 6.51. The number of Topliss-reactive ketones (excluding diaryl/α,β-unsaturated/α-hetero) is 1. The number of nitrogens with zero attached hydrogens (tertiary/aromatic N) is 1. The number of aryl methyl sites for hydroxylation is 1. The number of carbonyl (C=O) groups is 2. The van der Waals surface area contributed by atoms with Gasteiger partial charge in [0.2, 0.25) is 0 Å². The zero-order valence-corrected chi connectivity index (χ0v) is 16.7. The number of halogens is 2. The molecule has 1 unspecified atom stereocenters. The Balaban J connectivity index is 1.96. The molecular formula is C24H17ClFNO3. The Labute approximate surface area is 177 Å². The van der Waals surface area contributed by atoms with Crippen LogP contribution in [0.5, 0.6) is 0 Å². The predicted octanol–water partition coefficient (Wildman–Crippen LogP) is 5.41. The van der Waals surface area contributed by atoms with Crippen molar-refractivity contribution in [2.75, 3.05) is 4.90 Å². The van der Waals surface area contributed by atoms with Gasteiger partial charge in [-0.15, -0.1) is 0 Å². The normalized spacial score (nSPS) is 18.1. The van der Waals surface area contributed by atoms with Crippen LogP contribution in [0.2, 0.25) is 5.02 Å². The lowest BCUT2D eigenvalue weighted by Gasteiger charge is -2.25. The van der Waals surface area contributed by atoms with Crippen molar-refractivity contribution in [3.8, 4) is 0 Å². The summed E-state index contributed by atoms with van der Waals surface area (Å²) in [6.07, 6.45) is 0. The third-order valence-corrected chi connectivity index (χ3v) is 5.33. The Morgan fingerprint density at radius 3 is 2.23 bits per heavy atom. The van der Waals surface area contributed by atoms with Gasteiger partial charge in [-0.2, -0.15) is 0 Å². The van der Waals surface area contributed by atoms with Crippen LogP contribution >= 0.6 is 11.6 Å². The van der Waals surface area contributed by atoms with Crippen LogP contribution in [-0.2, 0) is 9.59 Å². The van der Waals surface area contributed by atoms with E-state index < -0.39 is 23.5 Å². The number of rotatable bonds is 3. The molecule has 0 spiro atoms. The molecule has 6 heteroatoms. The second-order valence-corrected chi connectivity index (χ2v) is 7.47. The fraction of sp³-hybridized carbons (Fsp3) is 0.0833. The molecule has 1 amide bonds. The Hall–Kier alpha value is -3.44. The summed E-state index contributed by atoms with van der Waals surface area (Å²) < 4.78 is 14.8. The largest absolute Gasteiger partial charge is 0.507 e. The van der Waals surface area contributed by atoms with Crippen molar-refractivity contribution >= 4 is 34.7 Å². The maximum atomic E-state index is 14.8. The summed E-state index contributed by atoms with van der Waals surface area (Å²) in [6, 6.07) is 18.0. The van der Waals surface area contributed by atoms with Crippen LogP contribution in [0.15, 0.2) is 78.4 Å². The molecule has 1 atom stereocenters. The highest BCUT2D eigenvalue weighted by Gasteiger charge is 2.47. The van der Waals surface area contributed by atoms with Gasteiger partial charge in [-0.25, -0.2) is 4.39 Å². The van der Waals surface area contributed by atoms with Crippen LogP contribution < -0.4 is 4.90 Å². The summed E-state index contributed by atoms with van der Waals surface area (Å²) >= 11 is 5.91. The summed E-state index contributed by atoms with van der Waals surface area (Å²) in [7, 11) is 0. The van der Waals surface area contributed by atoms with E-state index >= 15 is 0 Å². The molecule has 4 rings (SSSR count). The molecule has 0 bridgehead atoms. The first-order valence-corrected chi connectivity index (χ1v) is 9.64. The number of hydrogen-bond acceptors (Lipinski definition) is 3. The highest BCUT2D eigenvalue weighted by Crippen LogP contribution is 2.42. The minimum absolute atomic E-state index is 0.118. The number of aliphatic hydroxyl groups is 1. The quantitative estimate of drug-likeness (QED) is 0.349. The molecular weight excluding hydrogens is 405 g/mol. The van der Waals surface area contributed by atoms with Crippen molar-refractivity contribution in [1.82, 2.24) is 0 Å². The van der Waals surface area contributed by atoms with E-state index in [1.165, 1.54) is 35.2 Å². The number of anilines is 1. The second-order valence-electron chi connectivity index (χ2n) is 7.03. The smallest absolute Gasteiger partial charge is 0.300 e. The molecule has 1 fully saturated rings. The van der Waals surface area contributed by atoms with Crippen molar-refractivity contribution in [2.24, 2.45) is 0 Å². The minimum Gasteiger partial charge on any atom is -0.507 e. The van der Waals surface area contributed by atoms with Crippen molar-refractivity contribution < 1.29 is 19.1 Å². The summed E-state index contributed by atoms with van der Waals surface area (Å²) in [6.45, 7) is 1.90. The zero-order valence-electron chi connectivity index (χ0n) is 16.0. The number of amides is 1. The van der Waals surface area contributed by atoms with Gasteiger partial charge in [0.1, 0.15) is 11.6 Å². The van der Waals surface area contributed by atoms with Gasteiger partial charge in [0.05, 0.1) is 11.6 Å². The van der Waals surface area contributed by atoms with Gasteiger partial charge in [-0.05, 0) is 49.4 Å².